The van der Waals surface area contributed by atoms with Gasteiger partial charge in [0.05, 0.1) is 0 Å². The molecule has 0 bridgehead atoms. The molecule has 0 amide bonds. The van der Waals surface area contributed by atoms with E-state index in [0.717, 1.165) is 12.2 Å². The first-order valence-corrected chi connectivity index (χ1v) is 7.05. The number of hydrogen-bond donors (Lipinski definition) is 0. The largest absolute Gasteiger partial charge is 0.488 e. The first kappa shape index (κ1) is 13.9. The molecule has 0 aliphatic heterocycles. The van der Waals surface area contributed by atoms with Gasteiger partial charge in [-0.1, -0.05) is 38.1 Å². The molecule has 0 saturated carbocycles. The van der Waals surface area contributed by atoms with Gasteiger partial charge < -0.3 is 4.74 Å². The Balaban J connectivity index is 2.30. The summed E-state index contributed by atoms with van der Waals surface area (Å²) in [4.78, 5) is 0. The maximum Gasteiger partial charge on any atom is 0.120 e. The lowest BCUT2D eigenvalue weighted by Gasteiger charge is -2.21. The second-order valence-electron chi connectivity index (χ2n) is 6.66. The molecule has 0 unspecified atom stereocenters. The van der Waals surface area contributed by atoms with Crippen molar-refractivity contribution in [3.05, 3.63) is 42.0 Å². The Morgan fingerprint density at radius 2 is 1.58 bits per heavy atom. The molecule has 19 heavy (non-hydrogen) atoms. The normalized spacial score (nSPS) is 12.1. The van der Waals surface area contributed by atoms with Crippen molar-refractivity contribution in [3.8, 4) is 5.75 Å². The van der Waals surface area contributed by atoms with Crippen LogP contribution in [-0.2, 0) is 6.42 Å². The van der Waals surface area contributed by atoms with Gasteiger partial charge in [-0.15, -0.1) is 0 Å². The Kier molecular flexibility index (Phi) is 3.84. The van der Waals surface area contributed by atoms with Crippen LogP contribution in [0.15, 0.2) is 36.4 Å². The molecule has 1 nitrogen and oxygen atoms in total. The first-order chi connectivity index (χ1) is 8.83. The molecule has 2 aromatic rings. The number of ether oxygens (including phenoxy) is 1. The standard InChI is InChI=1S/C18H24O/c1-13(2)10-14-6-7-16-12-17(19-18(3,4)5)9-8-15(16)11-14/h6-9,11-13H,10H2,1-5H3. The third-order valence-corrected chi connectivity index (χ3v) is 2.94. The SMILES string of the molecule is CC(C)Cc1ccc2cc(OC(C)(C)C)ccc2c1. The molecule has 0 N–H and O–H groups in total. The van der Waals surface area contributed by atoms with Crippen molar-refractivity contribution < 1.29 is 4.74 Å². The zero-order chi connectivity index (χ0) is 14.0. The highest BCUT2D eigenvalue weighted by Gasteiger charge is 2.11. The van der Waals surface area contributed by atoms with Crippen LogP contribution in [-0.4, -0.2) is 5.60 Å². The Morgan fingerprint density at radius 1 is 0.947 bits per heavy atom. The highest BCUT2D eigenvalue weighted by atomic mass is 16.5. The third-order valence-electron chi connectivity index (χ3n) is 2.94. The molecule has 0 radical (unpaired) electrons. The fourth-order valence-electron chi connectivity index (χ4n) is 2.29. The van der Waals surface area contributed by atoms with Gasteiger partial charge >= 0.3 is 0 Å². The number of fused-ring (bicyclic) bond motifs is 1. The Labute approximate surface area is 116 Å². The molecule has 0 aliphatic carbocycles. The van der Waals surface area contributed by atoms with Crippen LogP contribution in [0.1, 0.15) is 40.2 Å². The molecule has 1 heteroatoms. The van der Waals surface area contributed by atoms with Crippen LogP contribution in [0.25, 0.3) is 10.8 Å². The summed E-state index contributed by atoms with van der Waals surface area (Å²) in [5.41, 5.74) is 1.26. The topological polar surface area (TPSA) is 9.23 Å². The molecule has 0 atom stereocenters. The summed E-state index contributed by atoms with van der Waals surface area (Å²) in [6.45, 7) is 10.7. The molecule has 2 aromatic carbocycles. The molecule has 0 saturated heterocycles. The van der Waals surface area contributed by atoms with E-state index < -0.39 is 0 Å². The van der Waals surface area contributed by atoms with Crippen molar-refractivity contribution in [2.45, 2.75) is 46.6 Å². The van der Waals surface area contributed by atoms with E-state index in [-0.39, 0.29) is 5.60 Å². The molecular weight excluding hydrogens is 232 g/mol. The Hall–Kier alpha value is -1.50. The van der Waals surface area contributed by atoms with Gasteiger partial charge in [0.1, 0.15) is 11.4 Å². The van der Waals surface area contributed by atoms with Crippen molar-refractivity contribution in [2.24, 2.45) is 5.92 Å². The minimum absolute atomic E-state index is 0.148. The van der Waals surface area contributed by atoms with Crippen molar-refractivity contribution in [1.29, 1.82) is 0 Å². The van der Waals surface area contributed by atoms with Crippen molar-refractivity contribution in [2.75, 3.05) is 0 Å². The summed E-state index contributed by atoms with van der Waals surface area (Å²) in [7, 11) is 0. The summed E-state index contributed by atoms with van der Waals surface area (Å²) < 4.78 is 5.90. The summed E-state index contributed by atoms with van der Waals surface area (Å²) in [6, 6.07) is 13.1. The second-order valence-corrected chi connectivity index (χ2v) is 6.66. The maximum atomic E-state index is 5.90. The van der Waals surface area contributed by atoms with E-state index in [1.54, 1.807) is 0 Å². The first-order valence-electron chi connectivity index (χ1n) is 7.05. The lowest BCUT2D eigenvalue weighted by Crippen LogP contribution is -2.22. The predicted octanol–water partition coefficient (Wildman–Crippen LogP) is 5.22. The van der Waals surface area contributed by atoms with Gasteiger partial charge in [0.2, 0.25) is 0 Å². The zero-order valence-corrected chi connectivity index (χ0v) is 12.7. The van der Waals surface area contributed by atoms with Crippen molar-refractivity contribution in [1.82, 2.24) is 0 Å². The average Bonchev–Trinajstić information content (AvgIpc) is 2.26. The summed E-state index contributed by atoms with van der Waals surface area (Å²) in [6.07, 6.45) is 1.14. The maximum absolute atomic E-state index is 5.90. The van der Waals surface area contributed by atoms with Crippen LogP contribution in [0, 0.1) is 5.92 Å². The quantitative estimate of drug-likeness (QED) is 0.732. The van der Waals surface area contributed by atoms with E-state index in [9.17, 15) is 0 Å². The van der Waals surface area contributed by atoms with Crippen LogP contribution in [0.3, 0.4) is 0 Å². The Morgan fingerprint density at radius 3 is 2.21 bits per heavy atom. The van der Waals surface area contributed by atoms with Crippen molar-refractivity contribution in [3.63, 3.8) is 0 Å². The Bertz CT molecular complexity index is 561. The monoisotopic (exact) mass is 256 g/mol. The van der Waals surface area contributed by atoms with Gasteiger partial charge in [0.15, 0.2) is 0 Å². The number of benzene rings is 2. The zero-order valence-electron chi connectivity index (χ0n) is 12.7. The fourth-order valence-corrected chi connectivity index (χ4v) is 2.29. The molecule has 2 rings (SSSR count). The lowest BCUT2D eigenvalue weighted by atomic mass is 9.99. The van der Waals surface area contributed by atoms with E-state index in [4.69, 9.17) is 4.74 Å². The minimum atomic E-state index is -0.148. The van der Waals surface area contributed by atoms with E-state index in [1.165, 1.54) is 16.3 Å². The third kappa shape index (κ3) is 3.99. The van der Waals surface area contributed by atoms with E-state index in [0.29, 0.717) is 5.92 Å². The van der Waals surface area contributed by atoms with Crippen LogP contribution in [0.5, 0.6) is 5.75 Å². The highest BCUT2D eigenvalue weighted by Crippen LogP contribution is 2.25. The number of rotatable bonds is 3. The van der Waals surface area contributed by atoms with E-state index in [2.05, 4.69) is 71.0 Å². The molecule has 0 heterocycles. The van der Waals surface area contributed by atoms with Gasteiger partial charge in [-0.25, -0.2) is 0 Å². The van der Waals surface area contributed by atoms with E-state index in [1.807, 2.05) is 0 Å². The van der Waals surface area contributed by atoms with Crippen LogP contribution in [0.4, 0.5) is 0 Å². The summed E-state index contributed by atoms with van der Waals surface area (Å²) in [5, 5.41) is 2.54. The van der Waals surface area contributed by atoms with Crippen LogP contribution >= 0.6 is 0 Å². The van der Waals surface area contributed by atoms with Gasteiger partial charge in [-0.2, -0.15) is 0 Å². The average molecular weight is 256 g/mol. The molecule has 0 fully saturated rings. The lowest BCUT2D eigenvalue weighted by molar-refractivity contribution is 0.131. The fraction of sp³-hybridized carbons (Fsp3) is 0.444. The summed E-state index contributed by atoms with van der Waals surface area (Å²) >= 11 is 0. The smallest absolute Gasteiger partial charge is 0.120 e. The van der Waals surface area contributed by atoms with E-state index >= 15 is 0 Å². The molecule has 0 spiro atoms. The molecule has 0 aromatic heterocycles. The van der Waals surface area contributed by atoms with Crippen LogP contribution in [0.2, 0.25) is 0 Å². The van der Waals surface area contributed by atoms with Gasteiger partial charge in [0.25, 0.3) is 0 Å². The molecule has 102 valence electrons. The second kappa shape index (κ2) is 5.24. The van der Waals surface area contributed by atoms with Crippen LogP contribution < -0.4 is 4.74 Å². The van der Waals surface area contributed by atoms with Gasteiger partial charge in [-0.05, 0) is 61.6 Å². The minimum Gasteiger partial charge on any atom is -0.488 e. The van der Waals surface area contributed by atoms with Crippen molar-refractivity contribution >= 4 is 10.8 Å². The summed E-state index contributed by atoms with van der Waals surface area (Å²) in [5.74, 6) is 1.64. The molecule has 0 aliphatic rings. The highest BCUT2D eigenvalue weighted by molar-refractivity contribution is 5.84. The molecular formula is C18H24O. The predicted molar refractivity (Wildman–Crippen MR) is 82.9 cm³/mol. The number of hydrogen-bond acceptors (Lipinski definition) is 1. The van der Waals surface area contributed by atoms with Gasteiger partial charge in [-0.3, -0.25) is 0 Å². The van der Waals surface area contributed by atoms with Gasteiger partial charge in [0, 0.05) is 0 Å².